The first-order valence-corrected chi connectivity index (χ1v) is 6.77. The topological polar surface area (TPSA) is 59.3 Å². The quantitative estimate of drug-likeness (QED) is 0.795. The highest BCUT2D eigenvalue weighted by molar-refractivity contribution is 7.12. The number of nitrogens with zero attached hydrogens (tertiary/aromatic N) is 3. The van der Waals surface area contributed by atoms with Gasteiger partial charge in [-0.2, -0.15) is 0 Å². The molecule has 1 N–H and O–H groups in total. The van der Waals surface area contributed by atoms with Gasteiger partial charge < -0.3 is 5.32 Å². The van der Waals surface area contributed by atoms with Crippen molar-refractivity contribution >= 4 is 22.9 Å². The van der Waals surface area contributed by atoms with Crippen molar-refractivity contribution < 1.29 is 4.79 Å². The summed E-state index contributed by atoms with van der Waals surface area (Å²) >= 11 is 1.42. The van der Waals surface area contributed by atoms with Crippen molar-refractivity contribution in [3.8, 4) is 0 Å². The molecular weight excluding hydrogens is 260 g/mol. The summed E-state index contributed by atoms with van der Waals surface area (Å²) in [6, 6.07) is 9.15. The lowest BCUT2D eigenvalue weighted by Crippen LogP contribution is -2.27. The summed E-state index contributed by atoms with van der Waals surface area (Å²) < 4.78 is 1.87. The fourth-order valence-electron chi connectivity index (χ4n) is 1.90. The van der Waals surface area contributed by atoms with Gasteiger partial charge in [-0.25, -0.2) is 0 Å². The maximum atomic E-state index is 12.0. The van der Waals surface area contributed by atoms with Crippen molar-refractivity contribution in [2.45, 2.75) is 13.0 Å². The van der Waals surface area contributed by atoms with E-state index in [0.717, 1.165) is 11.5 Å². The van der Waals surface area contributed by atoms with Gasteiger partial charge in [0.15, 0.2) is 11.5 Å². The molecule has 1 atom stereocenters. The van der Waals surface area contributed by atoms with Gasteiger partial charge in [0.1, 0.15) is 0 Å². The molecule has 3 aromatic heterocycles. The van der Waals surface area contributed by atoms with Gasteiger partial charge in [0.25, 0.3) is 5.91 Å². The van der Waals surface area contributed by atoms with Crippen LogP contribution in [0.4, 0.5) is 0 Å². The van der Waals surface area contributed by atoms with Crippen molar-refractivity contribution in [3.05, 3.63) is 52.6 Å². The molecule has 6 heteroatoms. The molecule has 0 unspecified atom stereocenters. The third-order valence-corrected chi connectivity index (χ3v) is 3.69. The first kappa shape index (κ1) is 11.9. The summed E-state index contributed by atoms with van der Waals surface area (Å²) in [6.07, 6.45) is 1.89. The standard InChI is InChI=1S/C13H12N4OS/c1-9(14-13(18)10-5-4-8-19-10)12-16-15-11-6-2-3-7-17(11)12/h2-9H,1H3,(H,14,18)/t9-/m0/s1. The van der Waals surface area contributed by atoms with Crippen molar-refractivity contribution in [3.63, 3.8) is 0 Å². The molecule has 0 aliphatic carbocycles. The largest absolute Gasteiger partial charge is 0.342 e. The number of rotatable bonds is 3. The first-order valence-electron chi connectivity index (χ1n) is 5.90. The van der Waals surface area contributed by atoms with E-state index in [-0.39, 0.29) is 11.9 Å². The summed E-state index contributed by atoms with van der Waals surface area (Å²) in [7, 11) is 0. The van der Waals surface area contributed by atoms with Crippen LogP contribution in [0.3, 0.4) is 0 Å². The summed E-state index contributed by atoms with van der Waals surface area (Å²) in [6.45, 7) is 1.90. The van der Waals surface area contributed by atoms with Crippen LogP contribution in [-0.2, 0) is 0 Å². The Balaban J connectivity index is 1.84. The van der Waals surface area contributed by atoms with E-state index in [1.165, 1.54) is 11.3 Å². The van der Waals surface area contributed by atoms with Gasteiger partial charge in [-0.15, -0.1) is 21.5 Å². The Morgan fingerprint density at radius 2 is 2.21 bits per heavy atom. The molecule has 0 saturated carbocycles. The zero-order valence-corrected chi connectivity index (χ0v) is 11.1. The number of aromatic nitrogens is 3. The highest BCUT2D eigenvalue weighted by Gasteiger charge is 2.16. The number of thiophene rings is 1. The fourth-order valence-corrected chi connectivity index (χ4v) is 2.52. The molecule has 3 rings (SSSR count). The summed E-state index contributed by atoms with van der Waals surface area (Å²) in [5, 5.41) is 13.0. The van der Waals surface area contributed by atoms with Crippen molar-refractivity contribution in [2.24, 2.45) is 0 Å². The third-order valence-electron chi connectivity index (χ3n) is 2.82. The molecule has 0 fully saturated rings. The summed E-state index contributed by atoms with van der Waals surface area (Å²) in [5.74, 6) is 0.635. The first-order chi connectivity index (χ1) is 9.25. The minimum absolute atomic E-state index is 0.0878. The van der Waals surface area contributed by atoms with Crippen LogP contribution >= 0.6 is 11.3 Å². The lowest BCUT2D eigenvalue weighted by atomic mass is 10.3. The second-order valence-corrected chi connectivity index (χ2v) is 5.11. The molecule has 0 aliphatic rings. The molecule has 96 valence electrons. The van der Waals surface area contributed by atoms with E-state index in [9.17, 15) is 4.79 Å². The van der Waals surface area contributed by atoms with E-state index in [2.05, 4.69) is 15.5 Å². The normalized spacial score (nSPS) is 12.5. The molecule has 19 heavy (non-hydrogen) atoms. The van der Waals surface area contributed by atoms with Crippen LogP contribution in [-0.4, -0.2) is 20.5 Å². The number of hydrogen-bond acceptors (Lipinski definition) is 4. The van der Waals surface area contributed by atoms with Crippen LogP contribution in [0.15, 0.2) is 41.9 Å². The minimum Gasteiger partial charge on any atom is -0.342 e. The Bertz CT molecular complexity index is 704. The maximum Gasteiger partial charge on any atom is 0.261 e. The molecule has 0 spiro atoms. The van der Waals surface area contributed by atoms with E-state index in [1.807, 2.05) is 47.2 Å². The zero-order valence-electron chi connectivity index (χ0n) is 10.3. The lowest BCUT2D eigenvalue weighted by Gasteiger charge is -2.11. The Morgan fingerprint density at radius 3 is 3.00 bits per heavy atom. The molecule has 0 aromatic carbocycles. The average Bonchev–Trinajstić information content (AvgIpc) is 3.08. The molecule has 5 nitrogen and oxygen atoms in total. The van der Waals surface area contributed by atoms with E-state index in [4.69, 9.17) is 0 Å². The Morgan fingerprint density at radius 1 is 1.32 bits per heavy atom. The van der Waals surface area contributed by atoms with E-state index in [1.54, 1.807) is 6.07 Å². The van der Waals surface area contributed by atoms with E-state index >= 15 is 0 Å². The molecule has 3 aromatic rings. The number of pyridine rings is 1. The summed E-state index contributed by atoms with van der Waals surface area (Å²) in [5.41, 5.74) is 0.773. The monoisotopic (exact) mass is 272 g/mol. The second kappa shape index (κ2) is 4.81. The predicted octanol–water partition coefficient (Wildman–Crippen LogP) is 2.28. The molecule has 3 heterocycles. The highest BCUT2D eigenvalue weighted by Crippen LogP contribution is 2.14. The van der Waals surface area contributed by atoms with Crippen LogP contribution in [0.1, 0.15) is 28.5 Å². The van der Waals surface area contributed by atoms with Gasteiger partial charge in [0, 0.05) is 6.20 Å². The summed E-state index contributed by atoms with van der Waals surface area (Å²) in [4.78, 5) is 12.7. The molecular formula is C13H12N4OS. The Labute approximate surface area is 113 Å². The van der Waals surface area contributed by atoms with Crippen LogP contribution in [0.25, 0.3) is 5.65 Å². The number of carbonyl (C=O) groups excluding carboxylic acids is 1. The molecule has 0 bridgehead atoms. The Hall–Kier alpha value is -2.21. The van der Waals surface area contributed by atoms with Crippen LogP contribution in [0.5, 0.6) is 0 Å². The van der Waals surface area contributed by atoms with E-state index in [0.29, 0.717) is 4.88 Å². The molecule has 0 radical (unpaired) electrons. The number of amides is 1. The smallest absolute Gasteiger partial charge is 0.261 e. The van der Waals surface area contributed by atoms with Gasteiger partial charge in [-0.1, -0.05) is 12.1 Å². The van der Waals surface area contributed by atoms with Crippen molar-refractivity contribution in [2.75, 3.05) is 0 Å². The Kier molecular flexibility index (Phi) is 3.00. The zero-order chi connectivity index (χ0) is 13.2. The molecule has 0 aliphatic heterocycles. The number of fused-ring (bicyclic) bond motifs is 1. The average molecular weight is 272 g/mol. The maximum absolute atomic E-state index is 12.0. The number of carbonyl (C=O) groups is 1. The van der Waals surface area contributed by atoms with Gasteiger partial charge in [0.2, 0.25) is 0 Å². The highest BCUT2D eigenvalue weighted by atomic mass is 32.1. The minimum atomic E-state index is -0.202. The predicted molar refractivity (Wildman–Crippen MR) is 73.2 cm³/mol. The van der Waals surface area contributed by atoms with Crippen LogP contribution in [0, 0.1) is 0 Å². The van der Waals surface area contributed by atoms with Crippen LogP contribution in [0.2, 0.25) is 0 Å². The van der Waals surface area contributed by atoms with Gasteiger partial charge in [-0.3, -0.25) is 9.20 Å². The number of hydrogen-bond donors (Lipinski definition) is 1. The number of nitrogens with one attached hydrogen (secondary N) is 1. The van der Waals surface area contributed by atoms with Gasteiger partial charge >= 0.3 is 0 Å². The van der Waals surface area contributed by atoms with Gasteiger partial charge in [0.05, 0.1) is 10.9 Å². The van der Waals surface area contributed by atoms with Crippen molar-refractivity contribution in [1.29, 1.82) is 0 Å². The molecule has 1 amide bonds. The third kappa shape index (κ3) is 2.22. The SMILES string of the molecule is C[C@H](NC(=O)c1cccs1)c1nnc2ccccn12. The fraction of sp³-hybridized carbons (Fsp3) is 0.154. The molecule has 0 saturated heterocycles. The lowest BCUT2D eigenvalue weighted by molar-refractivity contribution is 0.0942. The van der Waals surface area contributed by atoms with Crippen LogP contribution < -0.4 is 5.32 Å². The van der Waals surface area contributed by atoms with Gasteiger partial charge in [-0.05, 0) is 30.5 Å². The van der Waals surface area contributed by atoms with Crippen molar-refractivity contribution in [1.82, 2.24) is 19.9 Å². The second-order valence-electron chi connectivity index (χ2n) is 4.16. The van der Waals surface area contributed by atoms with E-state index < -0.39 is 0 Å².